The van der Waals surface area contributed by atoms with Crippen LogP contribution in [0.3, 0.4) is 0 Å². The molecule has 1 fully saturated rings. The second-order valence-corrected chi connectivity index (χ2v) is 9.05. The molecule has 2 aromatic heterocycles. The first kappa shape index (κ1) is 21.0. The SMILES string of the molecule is Cc1cc2oc(=O)cc(CN3C(=O)NC(C)(c4cc5ccccc5o4)C3=O)c2cc1C(C)C. The molecule has 3 amide bonds. The molecule has 0 aliphatic carbocycles. The van der Waals surface area contributed by atoms with Gasteiger partial charge >= 0.3 is 11.7 Å². The number of rotatable bonds is 4. The predicted octanol–water partition coefficient (Wildman–Crippen LogP) is 4.94. The molecule has 4 aromatic rings. The van der Waals surface area contributed by atoms with Crippen molar-refractivity contribution in [3.05, 3.63) is 81.4 Å². The van der Waals surface area contributed by atoms with Crippen molar-refractivity contribution in [2.24, 2.45) is 0 Å². The number of imide groups is 1. The van der Waals surface area contributed by atoms with Gasteiger partial charge in [-0.25, -0.2) is 9.59 Å². The van der Waals surface area contributed by atoms with Gasteiger partial charge < -0.3 is 14.2 Å². The highest BCUT2D eigenvalue weighted by Crippen LogP contribution is 2.34. The number of para-hydroxylation sites is 1. The number of hydrogen-bond donors (Lipinski definition) is 1. The molecule has 0 bridgehead atoms. The number of amides is 3. The van der Waals surface area contributed by atoms with Crippen molar-refractivity contribution in [1.82, 2.24) is 10.2 Å². The number of hydrogen-bond acceptors (Lipinski definition) is 5. The summed E-state index contributed by atoms with van der Waals surface area (Å²) in [5.41, 5.74) is 1.89. The number of nitrogens with zero attached hydrogens (tertiary/aromatic N) is 1. The van der Waals surface area contributed by atoms with Gasteiger partial charge in [-0.15, -0.1) is 0 Å². The van der Waals surface area contributed by atoms with E-state index in [1.54, 1.807) is 13.0 Å². The number of nitrogens with one attached hydrogen (secondary N) is 1. The van der Waals surface area contributed by atoms with E-state index in [2.05, 4.69) is 19.2 Å². The molecule has 1 saturated heterocycles. The topological polar surface area (TPSA) is 92.8 Å². The lowest BCUT2D eigenvalue weighted by Crippen LogP contribution is -2.40. The molecule has 2 aromatic carbocycles. The molecule has 1 aliphatic heterocycles. The highest BCUT2D eigenvalue weighted by molar-refractivity contribution is 6.07. The van der Waals surface area contributed by atoms with Gasteiger partial charge in [-0.1, -0.05) is 32.0 Å². The number of carbonyl (C=O) groups is 2. The summed E-state index contributed by atoms with van der Waals surface area (Å²) < 4.78 is 11.3. The van der Waals surface area contributed by atoms with Gasteiger partial charge in [0, 0.05) is 16.8 Å². The summed E-state index contributed by atoms with van der Waals surface area (Å²) in [5, 5.41) is 4.33. The van der Waals surface area contributed by atoms with E-state index in [0.29, 0.717) is 27.9 Å². The predicted molar refractivity (Wildman–Crippen MR) is 124 cm³/mol. The fraction of sp³-hybridized carbons (Fsp3) is 0.269. The van der Waals surface area contributed by atoms with Crippen molar-refractivity contribution < 1.29 is 18.4 Å². The van der Waals surface area contributed by atoms with Crippen LogP contribution in [0.15, 0.2) is 62.2 Å². The Balaban J connectivity index is 1.55. The van der Waals surface area contributed by atoms with E-state index in [0.717, 1.165) is 21.4 Å². The summed E-state index contributed by atoms with van der Waals surface area (Å²) in [6, 6.07) is 13.8. The third-order valence-electron chi connectivity index (χ3n) is 6.36. The first-order valence-electron chi connectivity index (χ1n) is 10.9. The molecule has 5 rings (SSSR count). The smallest absolute Gasteiger partial charge is 0.336 e. The van der Waals surface area contributed by atoms with Crippen molar-refractivity contribution in [3.8, 4) is 0 Å². The minimum Gasteiger partial charge on any atom is -0.458 e. The first-order chi connectivity index (χ1) is 15.7. The Morgan fingerprint density at radius 1 is 1.00 bits per heavy atom. The zero-order valence-corrected chi connectivity index (χ0v) is 18.9. The van der Waals surface area contributed by atoms with Crippen LogP contribution in [-0.2, 0) is 16.9 Å². The number of carbonyl (C=O) groups excluding carboxylic acids is 2. The largest absolute Gasteiger partial charge is 0.458 e. The summed E-state index contributed by atoms with van der Waals surface area (Å²) in [7, 11) is 0. The Morgan fingerprint density at radius 2 is 1.76 bits per heavy atom. The fourth-order valence-corrected chi connectivity index (χ4v) is 4.55. The number of fused-ring (bicyclic) bond motifs is 2. The lowest BCUT2D eigenvalue weighted by molar-refractivity contribution is -0.132. The summed E-state index contributed by atoms with van der Waals surface area (Å²) in [4.78, 5) is 39.7. The van der Waals surface area contributed by atoms with Crippen LogP contribution in [0, 0.1) is 6.92 Å². The molecular weight excluding hydrogens is 420 g/mol. The zero-order valence-electron chi connectivity index (χ0n) is 18.9. The highest BCUT2D eigenvalue weighted by atomic mass is 16.4. The third kappa shape index (κ3) is 3.31. The van der Waals surface area contributed by atoms with E-state index >= 15 is 0 Å². The number of benzene rings is 2. The van der Waals surface area contributed by atoms with Crippen LogP contribution >= 0.6 is 0 Å². The summed E-state index contributed by atoms with van der Waals surface area (Å²) >= 11 is 0. The average molecular weight is 444 g/mol. The van der Waals surface area contributed by atoms with Crippen molar-refractivity contribution >= 4 is 33.9 Å². The fourth-order valence-electron chi connectivity index (χ4n) is 4.55. The van der Waals surface area contributed by atoms with Crippen LogP contribution in [0.5, 0.6) is 0 Å². The van der Waals surface area contributed by atoms with Crippen molar-refractivity contribution in [2.75, 3.05) is 0 Å². The van der Waals surface area contributed by atoms with Crippen molar-refractivity contribution in [2.45, 2.75) is 45.7 Å². The molecule has 0 spiro atoms. The van der Waals surface area contributed by atoms with Crippen LogP contribution < -0.4 is 10.9 Å². The monoisotopic (exact) mass is 444 g/mol. The van der Waals surface area contributed by atoms with Crippen LogP contribution in [0.2, 0.25) is 0 Å². The molecule has 7 heteroatoms. The quantitative estimate of drug-likeness (QED) is 0.356. The van der Waals surface area contributed by atoms with Crippen LogP contribution in [0.4, 0.5) is 4.79 Å². The second-order valence-electron chi connectivity index (χ2n) is 9.05. The van der Waals surface area contributed by atoms with Gasteiger partial charge in [0.15, 0.2) is 5.54 Å². The third-order valence-corrected chi connectivity index (χ3v) is 6.36. The molecule has 0 saturated carbocycles. The maximum Gasteiger partial charge on any atom is 0.336 e. The Hall–Kier alpha value is -3.87. The maximum atomic E-state index is 13.5. The van der Waals surface area contributed by atoms with Crippen LogP contribution in [0.25, 0.3) is 21.9 Å². The minimum absolute atomic E-state index is 0.0524. The van der Waals surface area contributed by atoms with Gasteiger partial charge in [0.05, 0.1) is 6.54 Å². The lowest BCUT2D eigenvalue weighted by Gasteiger charge is -2.19. The summed E-state index contributed by atoms with van der Waals surface area (Å²) in [6.45, 7) is 7.72. The standard InChI is InChI=1S/C26H24N2O5/c1-14(2)18-12-19-17(11-23(29)33-21(19)9-15(18)3)13-28-24(30)26(4,27-25(28)31)22-10-16-7-5-6-8-20(16)32-22/h5-12,14H,13H2,1-4H3,(H,27,31). The normalized spacial score (nSPS) is 18.6. The number of urea groups is 1. The molecule has 0 radical (unpaired) electrons. The van der Waals surface area contributed by atoms with Gasteiger partial charge in [-0.2, -0.15) is 0 Å². The second kappa shape index (κ2) is 7.33. The molecule has 1 N–H and O–H groups in total. The Bertz CT molecular complexity index is 1460. The summed E-state index contributed by atoms with van der Waals surface area (Å²) in [6.07, 6.45) is 0. The van der Waals surface area contributed by atoms with Gasteiger partial charge in [0.1, 0.15) is 16.9 Å². The van der Waals surface area contributed by atoms with Crippen molar-refractivity contribution in [1.29, 1.82) is 0 Å². The number of furan rings is 1. The van der Waals surface area contributed by atoms with E-state index in [9.17, 15) is 14.4 Å². The van der Waals surface area contributed by atoms with E-state index in [-0.39, 0.29) is 12.5 Å². The molecule has 168 valence electrons. The molecule has 33 heavy (non-hydrogen) atoms. The zero-order chi connectivity index (χ0) is 23.5. The van der Waals surface area contributed by atoms with Gasteiger partial charge in [0.25, 0.3) is 5.91 Å². The first-order valence-corrected chi connectivity index (χ1v) is 10.9. The minimum atomic E-state index is -1.34. The van der Waals surface area contributed by atoms with Crippen LogP contribution in [-0.4, -0.2) is 16.8 Å². The Morgan fingerprint density at radius 3 is 2.48 bits per heavy atom. The van der Waals surface area contributed by atoms with E-state index in [1.165, 1.54) is 6.07 Å². The lowest BCUT2D eigenvalue weighted by atomic mass is 9.94. The molecule has 1 unspecified atom stereocenters. The average Bonchev–Trinajstić information content (AvgIpc) is 3.28. The van der Waals surface area contributed by atoms with E-state index < -0.39 is 23.1 Å². The molecule has 3 heterocycles. The van der Waals surface area contributed by atoms with E-state index in [4.69, 9.17) is 8.83 Å². The molecular formula is C26H24N2O5. The van der Waals surface area contributed by atoms with E-state index in [1.807, 2.05) is 43.3 Å². The molecule has 1 aliphatic rings. The Kier molecular flexibility index (Phi) is 4.67. The van der Waals surface area contributed by atoms with Gasteiger partial charge in [-0.3, -0.25) is 9.69 Å². The summed E-state index contributed by atoms with van der Waals surface area (Å²) in [5.74, 6) is 0.186. The van der Waals surface area contributed by atoms with Gasteiger partial charge in [-0.05, 0) is 60.7 Å². The molecule has 7 nitrogen and oxygen atoms in total. The Labute approximate surface area is 190 Å². The van der Waals surface area contributed by atoms with Crippen molar-refractivity contribution in [3.63, 3.8) is 0 Å². The molecule has 1 atom stereocenters. The maximum absolute atomic E-state index is 13.5. The van der Waals surface area contributed by atoms with Crippen LogP contribution in [0.1, 0.15) is 49.1 Å². The van der Waals surface area contributed by atoms with Gasteiger partial charge in [0.2, 0.25) is 0 Å². The number of aryl methyl sites for hydroxylation is 1. The highest BCUT2D eigenvalue weighted by Gasteiger charge is 2.51.